The van der Waals surface area contributed by atoms with Gasteiger partial charge in [0.05, 0.1) is 0 Å². The molecule has 1 N–H and O–H groups in total. The number of amides is 2. The van der Waals surface area contributed by atoms with E-state index in [4.69, 9.17) is 4.74 Å². The zero-order valence-electron chi connectivity index (χ0n) is 11.0. The van der Waals surface area contributed by atoms with Crippen LogP contribution in [0.4, 0.5) is 0 Å². The first-order chi connectivity index (χ1) is 9.75. The number of ether oxygens (including phenoxy) is 1. The highest BCUT2D eigenvalue weighted by atomic mass is 16.5. The molecule has 108 valence electrons. The Morgan fingerprint density at radius 1 is 1.20 bits per heavy atom. The molecule has 0 bridgehead atoms. The van der Waals surface area contributed by atoms with Crippen LogP contribution in [0.2, 0.25) is 0 Å². The van der Waals surface area contributed by atoms with Crippen LogP contribution in [0.25, 0.3) is 0 Å². The van der Waals surface area contributed by atoms with Crippen LogP contribution >= 0.6 is 0 Å². The molecule has 9 heteroatoms. The largest absolute Gasteiger partial charge is 0.368 e. The molecule has 0 spiro atoms. The highest BCUT2D eigenvalue weighted by Crippen LogP contribution is 2.16. The molecule has 1 atom stereocenters. The highest BCUT2D eigenvalue weighted by Gasteiger charge is 2.32. The van der Waals surface area contributed by atoms with Crippen molar-refractivity contribution in [3.63, 3.8) is 0 Å². The van der Waals surface area contributed by atoms with Crippen molar-refractivity contribution in [2.45, 2.75) is 18.9 Å². The van der Waals surface area contributed by atoms with E-state index < -0.39 is 0 Å². The van der Waals surface area contributed by atoms with Crippen molar-refractivity contribution in [3.05, 3.63) is 5.82 Å². The van der Waals surface area contributed by atoms with Gasteiger partial charge in [-0.2, -0.15) is 5.21 Å². The normalized spacial score (nSPS) is 23.1. The van der Waals surface area contributed by atoms with E-state index in [0.29, 0.717) is 32.8 Å². The van der Waals surface area contributed by atoms with Gasteiger partial charge in [-0.05, 0) is 18.1 Å². The molecule has 0 aromatic carbocycles. The second-order valence-electron chi connectivity index (χ2n) is 4.85. The number of piperazine rings is 1. The Bertz CT molecular complexity index is 476. The monoisotopic (exact) mass is 280 g/mol. The Morgan fingerprint density at radius 2 is 1.95 bits per heavy atom. The van der Waals surface area contributed by atoms with Crippen LogP contribution in [-0.2, 0) is 9.53 Å². The molecule has 2 saturated heterocycles. The van der Waals surface area contributed by atoms with Gasteiger partial charge < -0.3 is 14.5 Å². The zero-order chi connectivity index (χ0) is 13.9. The Balaban J connectivity index is 1.54. The molecule has 1 unspecified atom stereocenters. The molecular formula is C11H16N6O3. The summed E-state index contributed by atoms with van der Waals surface area (Å²) in [6.07, 6.45) is 1.43. The van der Waals surface area contributed by atoms with Crippen molar-refractivity contribution in [1.82, 2.24) is 30.4 Å². The molecule has 3 heterocycles. The molecular weight excluding hydrogens is 264 g/mol. The highest BCUT2D eigenvalue weighted by molar-refractivity contribution is 5.90. The molecule has 0 radical (unpaired) electrons. The van der Waals surface area contributed by atoms with Gasteiger partial charge in [0.2, 0.25) is 0 Å². The van der Waals surface area contributed by atoms with E-state index in [9.17, 15) is 9.59 Å². The fourth-order valence-electron chi connectivity index (χ4n) is 2.50. The smallest absolute Gasteiger partial charge is 0.295 e. The van der Waals surface area contributed by atoms with Gasteiger partial charge >= 0.3 is 0 Å². The number of carbonyl (C=O) groups excluding carboxylic acids is 2. The number of rotatable bonds is 2. The van der Waals surface area contributed by atoms with Gasteiger partial charge in [-0.25, -0.2) is 0 Å². The summed E-state index contributed by atoms with van der Waals surface area (Å²) in [7, 11) is 0. The van der Waals surface area contributed by atoms with Crippen molar-refractivity contribution in [1.29, 1.82) is 0 Å². The van der Waals surface area contributed by atoms with Crippen LogP contribution in [0.15, 0.2) is 0 Å². The van der Waals surface area contributed by atoms with Crippen molar-refractivity contribution >= 4 is 11.8 Å². The second kappa shape index (κ2) is 5.53. The van der Waals surface area contributed by atoms with E-state index in [1.54, 1.807) is 9.80 Å². The Morgan fingerprint density at radius 3 is 2.55 bits per heavy atom. The third-order valence-corrected chi connectivity index (χ3v) is 3.62. The van der Waals surface area contributed by atoms with Gasteiger partial charge in [0.1, 0.15) is 6.10 Å². The number of H-pyrrole nitrogens is 1. The molecule has 20 heavy (non-hydrogen) atoms. The third kappa shape index (κ3) is 2.48. The molecule has 2 aliphatic heterocycles. The van der Waals surface area contributed by atoms with Gasteiger partial charge in [0.15, 0.2) is 0 Å². The predicted molar refractivity (Wildman–Crippen MR) is 65.6 cm³/mol. The minimum absolute atomic E-state index is 0.0363. The van der Waals surface area contributed by atoms with Crippen LogP contribution in [0.1, 0.15) is 23.5 Å². The summed E-state index contributed by atoms with van der Waals surface area (Å²) in [4.78, 5) is 27.6. The van der Waals surface area contributed by atoms with Gasteiger partial charge in [-0.3, -0.25) is 9.59 Å². The van der Waals surface area contributed by atoms with E-state index in [2.05, 4.69) is 20.6 Å². The summed E-state index contributed by atoms with van der Waals surface area (Å²) >= 11 is 0. The Labute approximate surface area is 115 Å². The SMILES string of the molecule is O=C(c1nn[nH]n1)N1CCN(C(=O)C2CCCO2)CC1. The summed E-state index contributed by atoms with van der Waals surface area (Å²) in [5.41, 5.74) is 0. The number of aromatic amines is 1. The number of nitrogens with one attached hydrogen (secondary N) is 1. The number of hydrogen-bond donors (Lipinski definition) is 1. The van der Waals surface area contributed by atoms with Crippen LogP contribution in [0.3, 0.4) is 0 Å². The standard InChI is InChI=1S/C11H16N6O3/c18-10(8-2-1-7-20-8)16-3-5-17(6-4-16)11(19)9-12-14-15-13-9/h8H,1-7H2,(H,12,13,14,15). The van der Waals surface area contributed by atoms with Gasteiger partial charge in [-0.1, -0.05) is 0 Å². The quantitative estimate of drug-likeness (QED) is 0.719. The summed E-state index contributed by atoms with van der Waals surface area (Å²) in [5, 5.41) is 13.0. The van der Waals surface area contributed by atoms with Crippen molar-refractivity contribution in [3.8, 4) is 0 Å². The lowest BCUT2D eigenvalue weighted by Crippen LogP contribution is -2.53. The molecule has 1 aromatic heterocycles. The fourth-order valence-corrected chi connectivity index (χ4v) is 2.50. The molecule has 9 nitrogen and oxygen atoms in total. The number of hydrogen-bond acceptors (Lipinski definition) is 6. The number of aromatic nitrogens is 4. The first-order valence-corrected chi connectivity index (χ1v) is 6.69. The summed E-state index contributed by atoms with van der Waals surface area (Å²) < 4.78 is 5.40. The number of carbonyl (C=O) groups is 2. The average molecular weight is 280 g/mol. The lowest BCUT2D eigenvalue weighted by molar-refractivity contribution is -0.142. The molecule has 2 amide bonds. The van der Waals surface area contributed by atoms with Crippen LogP contribution in [0.5, 0.6) is 0 Å². The number of nitrogens with zero attached hydrogens (tertiary/aromatic N) is 5. The minimum atomic E-state index is -0.297. The third-order valence-electron chi connectivity index (χ3n) is 3.62. The molecule has 0 aliphatic carbocycles. The van der Waals surface area contributed by atoms with E-state index in [0.717, 1.165) is 12.8 Å². The van der Waals surface area contributed by atoms with Crippen LogP contribution < -0.4 is 0 Å². The van der Waals surface area contributed by atoms with Crippen molar-refractivity contribution in [2.24, 2.45) is 0 Å². The van der Waals surface area contributed by atoms with E-state index >= 15 is 0 Å². The average Bonchev–Trinajstić information content (AvgIpc) is 3.18. The predicted octanol–water partition coefficient (Wildman–Crippen LogP) is -1.34. The molecule has 2 aliphatic rings. The topological polar surface area (TPSA) is 104 Å². The summed E-state index contributed by atoms with van der Waals surface area (Å²) in [6.45, 7) is 2.65. The molecule has 2 fully saturated rings. The van der Waals surface area contributed by atoms with Gasteiger partial charge in [0.25, 0.3) is 17.6 Å². The maximum atomic E-state index is 12.2. The second-order valence-corrected chi connectivity index (χ2v) is 4.85. The minimum Gasteiger partial charge on any atom is -0.368 e. The van der Waals surface area contributed by atoms with Crippen LogP contribution in [0, 0.1) is 0 Å². The first-order valence-electron chi connectivity index (χ1n) is 6.69. The van der Waals surface area contributed by atoms with E-state index in [1.807, 2.05) is 0 Å². The van der Waals surface area contributed by atoms with Crippen molar-refractivity contribution in [2.75, 3.05) is 32.8 Å². The lowest BCUT2D eigenvalue weighted by atomic mass is 10.2. The number of tetrazole rings is 1. The zero-order valence-corrected chi connectivity index (χ0v) is 11.0. The van der Waals surface area contributed by atoms with E-state index in [1.165, 1.54) is 0 Å². The molecule has 3 rings (SSSR count). The maximum Gasteiger partial charge on any atom is 0.295 e. The van der Waals surface area contributed by atoms with Crippen molar-refractivity contribution < 1.29 is 14.3 Å². The summed E-state index contributed by atoms with van der Waals surface area (Å²) in [6, 6.07) is 0. The molecule has 1 aromatic rings. The Kier molecular flexibility index (Phi) is 3.59. The fraction of sp³-hybridized carbons (Fsp3) is 0.727. The van der Waals surface area contributed by atoms with E-state index in [-0.39, 0.29) is 23.7 Å². The van der Waals surface area contributed by atoms with Gasteiger partial charge in [0, 0.05) is 32.8 Å². The summed E-state index contributed by atoms with van der Waals surface area (Å²) in [5.74, 6) is -0.166. The Hall–Kier alpha value is -2.03. The van der Waals surface area contributed by atoms with Gasteiger partial charge in [-0.15, -0.1) is 10.2 Å². The van der Waals surface area contributed by atoms with Crippen LogP contribution in [-0.4, -0.2) is 81.1 Å². The maximum absolute atomic E-state index is 12.2. The lowest BCUT2D eigenvalue weighted by Gasteiger charge is -2.35. The molecule has 0 saturated carbocycles. The first kappa shape index (κ1) is 13.0.